The van der Waals surface area contributed by atoms with E-state index in [2.05, 4.69) is 63.0 Å². The summed E-state index contributed by atoms with van der Waals surface area (Å²) >= 11 is 1.58. The first-order valence-electron chi connectivity index (χ1n) is 21.6. The number of aryl methyl sites for hydroxylation is 1. The fourth-order valence-corrected chi connectivity index (χ4v) is 8.60. The number of hydrogen-bond donors (Lipinski definition) is 3. The average Bonchev–Trinajstić information content (AvgIpc) is 3.88. The molecule has 334 valence electrons. The minimum absolute atomic E-state index is 0.000397. The summed E-state index contributed by atoms with van der Waals surface area (Å²) in [6, 6.07) is 21.1. The number of fused-ring (bicyclic) bond motifs is 1. The Morgan fingerprint density at radius 1 is 0.839 bits per heavy atom. The number of ether oxygens (including phenoxy) is 3. The number of piperazine rings is 1. The van der Waals surface area contributed by atoms with Crippen molar-refractivity contribution in [3.05, 3.63) is 89.1 Å². The summed E-state index contributed by atoms with van der Waals surface area (Å²) in [5, 5.41) is 18.8. The van der Waals surface area contributed by atoms with Crippen LogP contribution >= 0.6 is 11.3 Å². The number of rotatable bonds is 20. The highest BCUT2D eigenvalue weighted by atomic mass is 32.1. The van der Waals surface area contributed by atoms with E-state index in [4.69, 9.17) is 14.2 Å². The van der Waals surface area contributed by atoms with Crippen LogP contribution in [0.25, 0.3) is 21.2 Å². The smallest absolute Gasteiger partial charge is 0.246 e. The van der Waals surface area contributed by atoms with E-state index >= 15 is 0 Å². The van der Waals surface area contributed by atoms with Gasteiger partial charge in [-0.25, -0.2) is 4.98 Å². The second-order valence-corrected chi connectivity index (χ2v) is 18.0. The minimum atomic E-state index is -0.922. The van der Waals surface area contributed by atoms with Gasteiger partial charge in [-0.15, -0.1) is 11.3 Å². The molecule has 14 nitrogen and oxygen atoms in total. The van der Waals surface area contributed by atoms with E-state index in [0.717, 1.165) is 41.3 Å². The van der Waals surface area contributed by atoms with E-state index < -0.39 is 29.5 Å². The molecule has 3 N–H and O–H groups in total. The number of thiazole rings is 1. The lowest BCUT2D eigenvalue weighted by Gasteiger charge is -2.35. The average molecular weight is 871 g/mol. The lowest BCUT2D eigenvalue weighted by Crippen LogP contribution is -2.57. The quantitative estimate of drug-likeness (QED) is 0.108. The predicted molar refractivity (Wildman–Crippen MR) is 239 cm³/mol. The van der Waals surface area contributed by atoms with Gasteiger partial charge in [-0.3, -0.25) is 24.1 Å². The molecule has 15 heteroatoms. The molecule has 6 rings (SSSR count). The maximum Gasteiger partial charge on any atom is 0.246 e. The molecule has 4 aromatic rings. The highest BCUT2D eigenvalue weighted by molar-refractivity contribution is 7.13. The molecule has 2 fully saturated rings. The van der Waals surface area contributed by atoms with E-state index in [1.165, 1.54) is 21.2 Å². The normalized spacial score (nSPS) is 17.6. The monoisotopic (exact) mass is 870 g/mol. The van der Waals surface area contributed by atoms with Gasteiger partial charge >= 0.3 is 0 Å². The zero-order valence-corrected chi connectivity index (χ0v) is 37.3. The standard InChI is InChI=1S/C47H62N6O8S/c1-33-43(62-32-49-33)37-13-9-34(10-14-37)29-48-45(57)40-28-39(54)31-53(40)46(58)44(47(2,3)4)50-41(55)15-21-59-23-25-61-26-24-60-22-16-42(56)52-19-17-51(18-20-52)30-35-11-12-36-7-5-6-8-38(36)27-35/h5-14,27,32,39-40,44,54H,15-26,28-31H2,1-4H3,(H,48,57)(H,50,55)/t39-,40+,44-/m1/s1. The van der Waals surface area contributed by atoms with Gasteiger partial charge in [0.15, 0.2) is 0 Å². The third-order valence-electron chi connectivity index (χ3n) is 11.3. The van der Waals surface area contributed by atoms with Crippen LogP contribution in [0.3, 0.4) is 0 Å². The van der Waals surface area contributed by atoms with Gasteiger partial charge in [0.1, 0.15) is 12.1 Å². The van der Waals surface area contributed by atoms with Gasteiger partial charge in [-0.2, -0.15) is 0 Å². The first kappa shape index (κ1) is 46.7. The maximum absolute atomic E-state index is 13.9. The third kappa shape index (κ3) is 13.4. The summed E-state index contributed by atoms with van der Waals surface area (Å²) in [7, 11) is 0. The van der Waals surface area contributed by atoms with E-state index in [1.807, 2.05) is 62.4 Å². The molecule has 3 aromatic carbocycles. The number of nitrogens with one attached hydrogen (secondary N) is 2. The molecule has 3 heterocycles. The van der Waals surface area contributed by atoms with E-state index in [1.54, 1.807) is 11.3 Å². The summed E-state index contributed by atoms with van der Waals surface area (Å²) < 4.78 is 16.8. The summed E-state index contributed by atoms with van der Waals surface area (Å²) in [4.78, 5) is 64.2. The summed E-state index contributed by atoms with van der Waals surface area (Å²) in [5.41, 5.74) is 5.35. The van der Waals surface area contributed by atoms with Crippen LogP contribution in [0, 0.1) is 12.3 Å². The largest absolute Gasteiger partial charge is 0.391 e. The van der Waals surface area contributed by atoms with Gasteiger partial charge in [0.2, 0.25) is 23.6 Å². The molecule has 2 aliphatic heterocycles. The van der Waals surface area contributed by atoms with Crippen LogP contribution in [0.15, 0.2) is 72.2 Å². The number of carbonyl (C=O) groups excluding carboxylic acids is 4. The highest BCUT2D eigenvalue weighted by Crippen LogP contribution is 2.28. The molecular formula is C47H62N6O8S. The van der Waals surface area contributed by atoms with Crippen molar-refractivity contribution in [1.82, 2.24) is 30.3 Å². The van der Waals surface area contributed by atoms with Crippen molar-refractivity contribution in [1.29, 1.82) is 0 Å². The van der Waals surface area contributed by atoms with Gasteiger partial charge in [0.05, 0.1) is 68.2 Å². The third-order valence-corrected chi connectivity index (χ3v) is 12.3. The van der Waals surface area contributed by atoms with E-state index in [0.29, 0.717) is 45.9 Å². The van der Waals surface area contributed by atoms with Crippen LogP contribution < -0.4 is 10.6 Å². The van der Waals surface area contributed by atoms with Gasteiger partial charge in [-0.05, 0) is 45.9 Å². The van der Waals surface area contributed by atoms with E-state index in [9.17, 15) is 24.3 Å². The zero-order valence-electron chi connectivity index (χ0n) is 36.5. The Morgan fingerprint density at radius 3 is 2.15 bits per heavy atom. The molecule has 0 aliphatic carbocycles. The van der Waals surface area contributed by atoms with Crippen molar-refractivity contribution in [3.63, 3.8) is 0 Å². The van der Waals surface area contributed by atoms with Crippen molar-refractivity contribution in [2.24, 2.45) is 5.41 Å². The molecule has 62 heavy (non-hydrogen) atoms. The van der Waals surface area contributed by atoms with Crippen molar-refractivity contribution in [2.75, 3.05) is 72.4 Å². The van der Waals surface area contributed by atoms with Crippen LogP contribution in [0.1, 0.15) is 56.9 Å². The number of amides is 4. The summed E-state index contributed by atoms with van der Waals surface area (Å²) in [5.74, 6) is -1.03. The number of likely N-dealkylation sites (tertiary alicyclic amines) is 1. The number of aliphatic hydroxyl groups is 1. The number of carbonyl (C=O) groups is 4. The molecule has 1 aromatic heterocycles. The Kier molecular flexibility index (Phi) is 17.0. The second-order valence-electron chi connectivity index (χ2n) is 17.1. The maximum atomic E-state index is 13.9. The zero-order chi connectivity index (χ0) is 44.1. The number of aromatic nitrogens is 1. The van der Waals surface area contributed by atoms with Crippen LogP contribution in [-0.4, -0.2) is 139 Å². The number of β-amino-alcohol motifs (C(OH)–C–C–N with tert-alkyl or cyclic N) is 1. The van der Waals surface area contributed by atoms with Crippen LogP contribution in [0.5, 0.6) is 0 Å². The Morgan fingerprint density at radius 2 is 1.48 bits per heavy atom. The fourth-order valence-electron chi connectivity index (χ4n) is 7.79. The number of aliphatic hydroxyl groups excluding tert-OH is 1. The molecule has 3 atom stereocenters. The van der Waals surface area contributed by atoms with Crippen LogP contribution in [0.2, 0.25) is 0 Å². The van der Waals surface area contributed by atoms with Crippen LogP contribution in [0.4, 0.5) is 0 Å². The molecule has 0 bridgehead atoms. The molecular weight excluding hydrogens is 809 g/mol. The first-order valence-corrected chi connectivity index (χ1v) is 22.5. The Bertz CT molecular complexity index is 2100. The minimum Gasteiger partial charge on any atom is -0.391 e. The summed E-state index contributed by atoms with van der Waals surface area (Å²) in [6.45, 7) is 13.5. The summed E-state index contributed by atoms with van der Waals surface area (Å²) in [6.07, 6.45) is -0.382. The lowest BCUT2D eigenvalue weighted by molar-refractivity contribution is -0.144. The Balaban J connectivity index is 0.811. The number of hydrogen-bond acceptors (Lipinski definition) is 11. The molecule has 2 aliphatic rings. The van der Waals surface area contributed by atoms with Crippen molar-refractivity contribution >= 4 is 45.7 Å². The first-order chi connectivity index (χ1) is 29.9. The van der Waals surface area contributed by atoms with Crippen LogP contribution in [-0.2, 0) is 46.5 Å². The number of benzene rings is 3. The van der Waals surface area contributed by atoms with Gasteiger partial charge in [0, 0.05) is 58.7 Å². The SMILES string of the molecule is Cc1ncsc1-c1ccc(CNC(=O)[C@@H]2C[C@@H](O)CN2C(=O)[C@@H](NC(=O)CCOCCOCCOCCC(=O)N2CCN(Cc3ccc4ccccc4c3)CC2)C(C)(C)C)cc1. The fraction of sp³-hybridized carbons (Fsp3) is 0.511. The van der Waals surface area contributed by atoms with Crippen molar-refractivity contribution < 1.29 is 38.5 Å². The molecule has 0 saturated carbocycles. The van der Waals surface area contributed by atoms with Gasteiger partial charge in [0.25, 0.3) is 0 Å². The van der Waals surface area contributed by atoms with Gasteiger partial charge < -0.3 is 39.8 Å². The lowest BCUT2D eigenvalue weighted by atomic mass is 9.85. The second kappa shape index (κ2) is 22.5. The Labute approximate surface area is 368 Å². The Hall–Kier alpha value is -4.77. The molecule has 2 saturated heterocycles. The molecule has 0 spiro atoms. The molecule has 4 amide bonds. The molecule has 0 radical (unpaired) electrons. The van der Waals surface area contributed by atoms with Crippen molar-refractivity contribution in [3.8, 4) is 10.4 Å². The predicted octanol–water partition coefficient (Wildman–Crippen LogP) is 4.56. The van der Waals surface area contributed by atoms with Gasteiger partial charge in [-0.1, -0.05) is 81.4 Å². The topological polar surface area (TPSA) is 163 Å². The van der Waals surface area contributed by atoms with Crippen molar-refractivity contribution in [2.45, 2.75) is 78.2 Å². The highest BCUT2D eigenvalue weighted by Gasteiger charge is 2.44. The molecule has 0 unspecified atom stereocenters. The van der Waals surface area contributed by atoms with E-state index in [-0.39, 0.29) is 56.9 Å². The number of nitrogens with zero attached hydrogens (tertiary/aromatic N) is 4.